The predicted octanol–water partition coefficient (Wildman–Crippen LogP) is 2.33. The van der Waals surface area contributed by atoms with Gasteiger partial charge in [0.2, 0.25) is 0 Å². The molecule has 2 aromatic rings. The van der Waals surface area contributed by atoms with Crippen molar-refractivity contribution in [2.45, 2.75) is 12.6 Å². The molecule has 0 saturated heterocycles. The molecule has 4 nitrogen and oxygen atoms in total. The van der Waals surface area contributed by atoms with Gasteiger partial charge in [0.1, 0.15) is 6.10 Å². The number of halogens is 1. The molecule has 0 bridgehead atoms. The topological polar surface area (TPSA) is 47.3 Å². The molecule has 92 valence electrons. The maximum Gasteiger partial charge on any atom is 0.123 e. The van der Waals surface area contributed by atoms with Gasteiger partial charge in [-0.15, -0.1) is 0 Å². The van der Waals surface area contributed by atoms with Gasteiger partial charge in [0.15, 0.2) is 0 Å². The summed E-state index contributed by atoms with van der Waals surface area (Å²) >= 11 is 7.59. The highest BCUT2D eigenvalue weighted by Crippen LogP contribution is 2.29. The molecular weight excluding hydrogens is 260 g/mol. The molecule has 0 fully saturated rings. The van der Waals surface area contributed by atoms with Crippen LogP contribution in [0.25, 0.3) is 0 Å². The van der Waals surface area contributed by atoms with E-state index >= 15 is 0 Å². The summed E-state index contributed by atoms with van der Waals surface area (Å²) in [6.07, 6.45) is 0.801. The first kappa shape index (κ1) is 12.6. The van der Waals surface area contributed by atoms with E-state index in [1.165, 1.54) is 11.3 Å². The Bertz CT molecular complexity index is 470. The Labute approximate surface area is 108 Å². The minimum atomic E-state index is -0.742. The molecule has 6 heteroatoms. The van der Waals surface area contributed by atoms with E-state index in [0.29, 0.717) is 23.9 Å². The number of rotatable bonds is 5. The van der Waals surface area contributed by atoms with Gasteiger partial charge in [-0.05, 0) is 22.4 Å². The number of nitrogens with zero attached hydrogens (tertiary/aromatic N) is 2. The summed E-state index contributed by atoms with van der Waals surface area (Å²) in [5, 5.41) is 18.7. The van der Waals surface area contributed by atoms with Crippen molar-refractivity contribution in [3.05, 3.63) is 39.3 Å². The molecule has 0 spiro atoms. The van der Waals surface area contributed by atoms with Gasteiger partial charge >= 0.3 is 0 Å². The average molecular weight is 273 g/mol. The highest BCUT2D eigenvalue weighted by molar-refractivity contribution is 7.07. The second-order valence-electron chi connectivity index (χ2n) is 3.55. The molecule has 0 aliphatic heterocycles. The van der Waals surface area contributed by atoms with Crippen molar-refractivity contribution in [2.24, 2.45) is 0 Å². The van der Waals surface area contributed by atoms with Crippen molar-refractivity contribution in [2.75, 3.05) is 13.7 Å². The van der Waals surface area contributed by atoms with Crippen LogP contribution in [-0.2, 0) is 11.3 Å². The summed E-state index contributed by atoms with van der Waals surface area (Å²) < 4.78 is 6.67. The molecule has 0 aromatic carbocycles. The van der Waals surface area contributed by atoms with Crippen LogP contribution in [0, 0.1) is 0 Å². The minimum Gasteiger partial charge on any atom is -0.383 e. The average Bonchev–Trinajstić information content (AvgIpc) is 2.95. The van der Waals surface area contributed by atoms with Gasteiger partial charge in [0.25, 0.3) is 0 Å². The molecule has 0 amide bonds. The second kappa shape index (κ2) is 5.64. The van der Waals surface area contributed by atoms with Gasteiger partial charge in [-0.3, -0.25) is 4.68 Å². The fourth-order valence-corrected chi connectivity index (χ4v) is 2.51. The second-order valence-corrected chi connectivity index (χ2v) is 4.74. The Morgan fingerprint density at radius 2 is 2.47 bits per heavy atom. The molecule has 0 aliphatic carbocycles. The van der Waals surface area contributed by atoms with E-state index in [0.717, 1.165) is 5.56 Å². The number of aliphatic hydroxyl groups excluding tert-OH is 1. The smallest absolute Gasteiger partial charge is 0.123 e. The van der Waals surface area contributed by atoms with Crippen LogP contribution in [0.4, 0.5) is 0 Å². The van der Waals surface area contributed by atoms with Crippen LogP contribution in [0.1, 0.15) is 17.4 Å². The lowest BCUT2D eigenvalue weighted by atomic mass is 10.1. The third kappa shape index (κ3) is 2.69. The summed E-state index contributed by atoms with van der Waals surface area (Å²) in [4.78, 5) is 0. The largest absolute Gasteiger partial charge is 0.383 e. The van der Waals surface area contributed by atoms with E-state index in [9.17, 15) is 5.11 Å². The summed E-state index contributed by atoms with van der Waals surface area (Å²) in [6, 6.07) is 1.87. The third-order valence-corrected chi connectivity index (χ3v) is 3.45. The maximum atomic E-state index is 10.3. The number of hydrogen-bond donors (Lipinski definition) is 1. The summed E-state index contributed by atoms with van der Waals surface area (Å²) in [5.41, 5.74) is 1.44. The molecule has 2 aromatic heterocycles. The van der Waals surface area contributed by atoms with Crippen molar-refractivity contribution in [3.8, 4) is 0 Å². The van der Waals surface area contributed by atoms with Gasteiger partial charge in [-0.25, -0.2) is 0 Å². The summed E-state index contributed by atoms with van der Waals surface area (Å²) in [6.45, 7) is 1.10. The molecule has 2 rings (SSSR count). The Balaban J connectivity index is 2.27. The zero-order valence-corrected chi connectivity index (χ0v) is 10.9. The molecular formula is C11H13ClN2O2S. The maximum absolute atomic E-state index is 10.3. The Morgan fingerprint density at radius 3 is 3.12 bits per heavy atom. The number of thiophene rings is 1. The number of ether oxygens (including phenoxy) is 1. The first-order chi connectivity index (χ1) is 8.24. The van der Waals surface area contributed by atoms with Crippen molar-refractivity contribution in [1.29, 1.82) is 0 Å². The van der Waals surface area contributed by atoms with Crippen LogP contribution in [0.2, 0.25) is 5.02 Å². The van der Waals surface area contributed by atoms with Gasteiger partial charge in [0, 0.05) is 7.11 Å². The van der Waals surface area contributed by atoms with Gasteiger partial charge in [-0.2, -0.15) is 16.4 Å². The van der Waals surface area contributed by atoms with Crippen LogP contribution >= 0.6 is 22.9 Å². The number of aromatic nitrogens is 2. The molecule has 17 heavy (non-hydrogen) atoms. The van der Waals surface area contributed by atoms with Crippen LogP contribution in [0.3, 0.4) is 0 Å². The third-order valence-electron chi connectivity index (χ3n) is 2.46. The van der Waals surface area contributed by atoms with Gasteiger partial charge in [-0.1, -0.05) is 11.6 Å². The molecule has 2 heterocycles. The first-order valence-corrected chi connectivity index (χ1v) is 6.46. The van der Waals surface area contributed by atoms with E-state index in [1.807, 2.05) is 16.8 Å². The minimum absolute atomic E-state index is 0.472. The van der Waals surface area contributed by atoms with Gasteiger partial charge < -0.3 is 9.84 Å². The van der Waals surface area contributed by atoms with Crippen LogP contribution in [0.5, 0.6) is 0 Å². The van der Waals surface area contributed by atoms with Crippen molar-refractivity contribution in [3.63, 3.8) is 0 Å². The van der Waals surface area contributed by atoms with Crippen molar-refractivity contribution in [1.82, 2.24) is 9.78 Å². The Kier molecular flexibility index (Phi) is 4.17. The van der Waals surface area contributed by atoms with E-state index in [-0.39, 0.29) is 0 Å². The number of methoxy groups -OCH3 is 1. The summed E-state index contributed by atoms with van der Waals surface area (Å²) in [7, 11) is 1.63. The Hall–Kier alpha value is -0.880. The van der Waals surface area contributed by atoms with Crippen molar-refractivity contribution >= 4 is 22.9 Å². The quantitative estimate of drug-likeness (QED) is 0.909. The standard InChI is InChI=1S/C11H13ClN2O2S/c1-16-4-3-14-10(9(12)6-13-14)11(15)8-2-5-17-7-8/h2,5-7,11,15H,3-4H2,1H3. The highest BCUT2D eigenvalue weighted by atomic mass is 35.5. The lowest BCUT2D eigenvalue weighted by Gasteiger charge is -2.12. The molecule has 0 radical (unpaired) electrons. The molecule has 1 N–H and O–H groups in total. The fraction of sp³-hybridized carbons (Fsp3) is 0.364. The number of aliphatic hydroxyl groups is 1. The zero-order chi connectivity index (χ0) is 12.3. The van der Waals surface area contributed by atoms with Crippen LogP contribution < -0.4 is 0 Å². The van der Waals surface area contributed by atoms with Crippen LogP contribution in [-0.4, -0.2) is 28.6 Å². The van der Waals surface area contributed by atoms with Crippen molar-refractivity contribution < 1.29 is 9.84 Å². The molecule has 0 aliphatic rings. The first-order valence-electron chi connectivity index (χ1n) is 5.14. The fourth-order valence-electron chi connectivity index (χ4n) is 1.59. The van der Waals surface area contributed by atoms with E-state index in [2.05, 4.69) is 5.10 Å². The molecule has 1 unspecified atom stereocenters. The predicted molar refractivity (Wildman–Crippen MR) is 67.5 cm³/mol. The highest BCUT2D eigenvalue weighted by Gasteiger charge is 2.19. The lowest BCUT2D eigenvalue weighted by molar-refractivity contribution is 0.171. The summed E-state index contributed by atoms with van der Waals surface area (Å²) in [5.74, 6) is 0. The monoisotopic (exact) mass is 272 g/mol. The number of hydrogen-bond acceptors (Lipinski definition) is 4. The van der Waals surface area contributed by atoms with Crippen LogP contribution in [0.15, 0.2) is 23.0 Å². The molecule has 0 saturated carbocycles. The lowest BCUT2D eigenvalue weighted by Crippen LogP contribution is -2.13. The molecule has 1 atom stereocenters. The van der Waals surface area contributed by atoms with E-state index in [1.54, 1.807) is 18.0 Å². The van der Waals surface area contributed by atoms with E-state index < -0.39 is 6.10 Å². The Morgan fingerprint density at radius 1 is 1.65 bits per heavy atom. The zero-order valence-electron chi connectivity index (χ0n) is 9.34. The SMILES string of the molecule is COCCn1ncc(Cl)c1C(O)c1ccsc1. The normalized spacial score (nSPS) is 12.9. The van der Waals surface area contributed by atoms with E-state index in [4.69, 9.17) is 16.3 Å². The van der Waals surface area contributed by atoms with Gasteiger partial charge in [0.05, 0.1) is 30.1 Å².